The number of halogens is 2. The summed E-state index contributed by atoms with van der Waals surface area (Å²) < 4.78 is 1.61. The fourth-order valence-electron chi connectivity index (χ4n) is 3.59. The van der Waals surface area contributed by atoms with Crippen LogP contribution in [0.2, 0.25) is 10.2 Å². The monoisotopic (exact) mass is 422 g/mol. The van der Waals surface area contributed by atoms with Gasteiger partial charge in [-0.2, -0.15) is 9.97 Å². The molecule has 0 bridgehead atoms. The number of nitrogens with one attached hydrogen (secondary N) is 2. The third kappa shape index (κ3) is 3.43. The van der Waals surface area contributed by atoms with E-state index in [4.69, 9.17) is 23.2 Å². The van der Waals surface area contributed by atoms with Crippen molar-refractivity contribution in [3.05, 3.63) is 49.0 Å². The third-order valence-electron chi connectivity index (χ3n) is 4.87. The molecule has 1 fully saturated rings. The number of rotatable bonds is 4. The summed E-state index contributed by atoms with van der Waals surface area (Å²) in [6, 6.07) is 4.16. The summed E-state index contributed by atoms with van der Waals surface area (Å²) in [7, 11) is 0. The van der Waals surface area contributed by atoms with Crippen LogP contribution in [-0.4, -0.2) is 24.4 Å². The number of fused-ring (bicyclic) bond motifs is 1. The summed E-state index contributed by atoms with van der Waals surface area (Å²) >= 11 is 12.2. The smallest absolute Gasteiger partial charge is 0.318 e. The summed E-state index contributed by atoms with van der Waals surface area (Å²) in [5.41, 5.74) is 0.398. The van der Waals surface area contributed by atoms with Crippen molar-refractivity contribution in [1.82, 2.24) is 19.5 Å². The lowest BCUT2D eigenvalue weighted by Crippen LogP contribution is -2.24. The first-order chi connectivity index (χ1) is 13.4. The summed E-state index contributed by atoms with van der Waals surface area (Å²) in [5.74, 6) is 0.0476. The number of nitrogens with zero attached hydrogens (tertiary/aromatic N) is 4. The molecule has 2 aromatic heterocycles. The standard InChI is InChI=1S/C17H16Cl2N6O3/c18-9-6-7-12(25(27)28)11(8-9)20-16-22-14(19)13-15(23-16)24(17(26)21-13)10-4-2-1-3-5-10/h6-8,10H,1-5H2,(H,21,26)(H,20,22,23). The minimum atomic E-state index is -0.535. The number of aromatic amines is 1. The molecule has 0 radical (unpaired) electrons. The molecule has 0 aliphatic heterocycles. The molecule has 0 unspecified atom stereocenters. The number of nitro groups is 1. The Morgan fingerprint density at radius 2 is 1.96 bits per heavy atom. The van der Waals surface area contributed by atoms with Crippen LogP contribution < -0.4 is 11.0 Å². The number of anilines is 2. The van der Waals surface area contributed by atoms with E-state index in [1.807, 2.05) is 0 Å². The van der Waals surface area contributed by atoms with E-state index in [-0.39, 0.29) is 34.2 Å². The number of hydrogen-bond acceptors (Lipinski definition) is 6. The first kappa shape index (κ1) is 18.7. The molecular weight excluding hydrogens is 407 g/mol. The van der Waals surface area contributed by atoms with Crippen molar-refractivity contribution in [1.29, 1.82) is 0 Å². The molecule has 0 atom stereocenters. The number of benzene rings is 1. The Morgan fingerprint density at radius 1 is 1.21 bits per heavy atom. The van der Waals surface area contributed by atoms with Crippen molar-refractivity contribution in [3.8, 4) is 0 Å². The highest BCUT2D eigenvalue weighted by atomic mass is 35.5. The highest BCUT2D eigenvalue weighted by molar-refractivity contribution is 6.33. The number of hydrogen-bond donors (Lipinski definition) is 2. The Labute approximate surface area is 168 Å². The molecule has 3 aromatic rings. The van der Waals surface area contributed by atoms with Crippen molar-refractivity contribution < 1.29 is 4.92 Å². The van der Waals surface area contributed by atoms with Crippen LogP contribution in [0.25, 0.3) is 11.2 Å². The Bertz CT molecular complexity index is 1120. The van der Waals surface area contributed by atoms with E-state index in [1.165, 1.54) is 18.2 Å². The number of aromatic nitrogens is 4. The molecule has 0 amide bonds. The van der Waals surface area contributed by atoms with Gasteiger partial charge < -0.3 is 10.3 Å². The van der Waals surface area contributed by atoms with Gasteiger partial charge in [-0.05, 0) is 25.0 Å². The molecule has 146 valence electrons. The van der Waals surface area contributed by atoms with Crippen LogP contribution >= 0.6 is 23.2 Å². The normalized spacial score (nSPS) is 15.1. The average Bonchev–Trinajstić information content (AvgIpc) is 2.99. The van der Waals surface area contributed by atoms with Crippen molar-refractivity contribution >= 4 is 51.7 Å². The molecule has 1 aromatic carbocycles. The maximum atomic E-state index is 12.5. The van der Waals surface area contributed by atoms with E-state index in [0.29, 0.717) is 16.2 Å². The quantitative estimate of drug-likeness (QED) is 0.360. The number of nitro benzene ring substituents is 1. The minimum absolute atomic E-state index is 0.0364. The van der Waals surface area contributed by atoms with Crippen LogP contribution in [0.5, 0.6) is 0 Å². The lowest BCUT2D eigenvalue weighted by atomic mass is 9.95. The molecule has 0 saturated heterocycles. The van der Waals surface area contributed by atoms with Crippen LogP contribution in [-0.2, 0) is 0 Å². The minimum Gasteiger partial charge on any atom is -0.318 e. The van der Waals surface area contributed by atoms with Gasteiger partial charge in [-0.25, -0.2) is 4.79 Å². The molecule has 0 spiro atoms. The molecule has 1 aliphatic carbocycles. The van der Waals surface area contributed by atoms with Crippen LogP contribution in [0, 0.1) is 10.1 Å². The van der Waals surface area contributed by atoms with Gasteiger partial charge in [-0.3, -0.25) is 14.7 Å². The van der Waals surface area contributed by atoms with Gasteiger partial charge in [0.25, 0.3) is 5.69 Å². The van der Waals surface area contributed by atoms with Crippen LogP contribution in [0.3, 0.4) is 0 Å². The Balaban J connectivity index is 1.80. The Hall–Kier alpha value is -2.65. The first-order valence-electron chi connectivity index (χ1n) is 8.83. The first-order valence-corrected chi connectivity index (χ1v) is 9.58. The summed E-state index contributed by atoms with van der Waals surface area (Å²) in [6.07, 6.45) is 5.01. The predicted octanol–water partition coefficient (Wildman–Crippen LogP) is 4.58. The predicted molar refractivity (Wildman–Crippen MR) is 107 cm³/mol. The molecule has 9 nitrogen and oxygen atoms in total. The van der Waals surface area contributed by atoms with Gasteiger partial charge in [-0.1, -0.05) is 42.5 Å². The second kappa shape index (κ2) is 7.40. The van der Waals surface area contributed by atoms with Crippen molar-refractivity contribution in [2.45, 2.75) is 38.1 Å². The van der Waals surface area contributed by atoms with E-state index in [1.54, 1.807) is 4.57 Å². The molecule has 11 heteroatoms. The summed E-state index contributed by atoms with van der Waals surface area (Å²) in [4.78, 5) is 34.5. The zero-order chi connectivity index (χ0) is 19.8. The summed E-state index contributed by atoms with van der Waals surface area (Å²) in [5, 5.41) is 14.5. The fraction of sp³-hybridized carbons (Fsp3) is 0.353. The highest BCUT2D eigenvalue weighted by Gasteiger charge is 2.23. The molecule has 2 heterocycles. The largest absolute Gasteiger partial charge is 0.328 e. The molecule has 1 saturated carbocycles. The second-order valence-corrected chi connectivity index (χ2v) is 7.47. The third-order valence-corrected chi connectivity index (χ3v) is 5.37. The van der Waals surface area contributed by atoms with E-state index >= 15 is 0 Å². The summed E-state index contributed by atoms with van der Waals surface area (Å²) in [6.45, 7) is 0. The van der Waals surface area contributed by atoms with E-state index in [2.05, 4.69) is 20.3 Å². The second-order valence-electron chi connectivity index (χ2n) is 6.67. The zero-order valence-corrected chi connectivity index (χ0v) is 16.1. The zero-order valence-electron chi connectivity index (χ0n) is 14.6. The van der Waals surface area contributed by atoms with Crippen molar-refractivity contribution in [2.75, 3.05) is 5.32 Å². The van der Waals surface area contributed by atoms with Gasteiger partial charge in [0.2, 0.25) is 5.95 Å². The fourth-order valence-corrected chi connectivity index (χ4v) is 3.97. The maximum Gasteiger partial charge on any atom is 0.328 e. The van der Waals surface area contributed by atoms with Gasteiger partial charge in [-0.15, -0.1) is 0 Å². The molecule has 1 aliphatic rings. The van der Waals surface area contributed by atoms with Crippen LogP contribution in [0.1, 0.15) is 38.1 Å². The maximum absolute atomic E-state index is 12.5. The van der Waals surface area contributed by atoms with Crippen molar-refractivity contribution in [3.63, 3.8) is 0 Å². The average molecular weight is 423 g/mol. The number of imidazole rings is 1. The SMILES string of the molecule is O=c1[nH]c2c(Cl)nc(Nc3cc(Cl)ccc3[N+](=O)[O-])nc2n1C1CCCCC1. The van der Waals surface area contributed by atoms with E-state index < -0.39 is 4.92 Å². The highest BCUT2D eigenvalue weighted by Crippen LogP contribution is 2.32. The van der Waals surface area contributed by atoms with E-state index in [9.17, 15) is 14.9 Å². The lowest BCUT2D eigenvalue weighted by molar-refractivity contribution is -0.383. The molecule has 28 heavy (non-hydrogen) atoms. The van der Waals surface area contributed by atoms with Crippen molar-refractivity contribution in [2.24, 2.45) is 0 Å². The Kier molecular flexibility index (Phi) is 4.94. The Morgan fingerprint density at radius 3 is 2.68 bits per heavy atom. The van der Waals surface area contributed by atoms with Gasteiger partial charge >= 0.3 is 5.69 Å². The molecular formula is C17H16Cl2N6O3. The van der Waals surface area contributed by atoms with Crippen LogP contribution in [0.4, 0.5) is 17.3 Å². The van der Waals surface area contributed by atoms with E-state index in [0.717, 1.165) is 32.1 Å². The topological polar surface area (TPSA) is 119 Å². The van der Waals surface area contributed by atoms with Gasteiger partial charge in [0.1, 0.15) is 11.2 Å². The number of H-pyrrole nitrogens is 1. The van der Waals surface area contributed by atoms with Gasteiger partial charge in [0, 0.05) is 17.1 Å². The molecule has 2 N–H and O–H groups in total. The van der Waals surface area contributed by atoms with Gasteiger partial charge in [0.05, 0.1) is 4.92 Å². The lowest BCUT2D eigenvalue weighted by Gasteiger charge is -2.22. The molecule has 4 rings (SSSR count). The van der Waals surface area contributed by atoms with Crippen LogP contribution in [0.15, 0.2) is 23.0 Å². The van der Waals surface area contributed by atoms with Gasteiger partial charge in [0.15, 0.2) is 10.8 Å².